The van der Waals surface area contributed by atoms with Gasteiger partial charge in [-0.1, -0.05) is 29.8 Å². The third-order valence-corrected chi connectivity index (χ3v) is 3.95. The van der Waals surface area contributed by atoms with Gasteiger partial charge in [-0.25, -0.2) is 0 Å². The van der Waals surface area contributed by atoms with E-state index in [0.29, 0.717) is 24.5 Å². The van der Waals surface area contributed by atoms with Crippen LogP contribution in [0.5, 0.6) is 0 Å². The first-order valence-corrected chi connectivity index (χ1v) is 7.74. The molecule has 2 rings (SSSR count). The summed E-state index contributed by atoms with van der Waals surface area (Å²) >= 11 is 7.33. The molecule has 1 heterocycles. The lowest BCUT2D eigenvalue weighted by atomic mass is 10.1. The maximum atomic E-state index is 11.6. The van der Waals surface area contributed by atoms with Crippen LogP contribution in [0.2, 0.25) is 5.02 Å². The molecule has 2 N–H and O–H groups in total. The summed E-state index contributed by atoms with van der Waals surface area (Å²) in [5, 5.41) is 7.78. The summed E-state index contributed by atoms with van der Waals surface area (Å²) < 4.78 is 0. The number of hydrogen-bond donors (Lipinski definition) is 2. The maximum absolute atomic E-state index is 11.6. The van der Waals surface area contributed by atoms with Crippen LogP contribution in [0, 0.1) is 0 Å². The van der Waals surface area contributed by atoms with Crippen LogP contribution < -0.4 is 10.6 Å². The number of hydrogen-bond acceptors (Lipinski definition) is 3. The number of nitrogens with one attached hydrogen (secondary N) is 2. The summed E-state index contributed by atoms with van der Waals surface area (Å²) in [6, 6.07) is 11.2. The minimum Gasteiger partial charge on any atom is -0.348 e. The summed E-state index contributed by atoms with van der Waals surface area (Å²) in [5.74, 6) is -1.22. The zero-order chi connectivity index (χ0) is 15.1. The van der Waals surface area contributed by atoms with Gasteiger partial charge in [-0.05, 0) is 35.6 Å². The maximum Gasteiger partial charge on any atom is 0.309 e. The van der Waals surface area contributed by atoms with Crippen LogP contribution >= 0.6 is 22.9 Å². The fraction of sp³-hybridized carbons (Fsp3) is 0.200. The van der Waals surface area contributed by atoms with Gasteiger partial charge in [0.1, 0.15) is 0 Å². The third kappa shape index (κ3) is 5.21. The van der Waals surface area contributed by atoms with Crippen LogP contribution in [0.25, 0.3) is 0 Å². The number of amides is 2. The molecule has 1 aromatic heterocycles. The molecule has 0 saturated carbocycles. The Hall–Kier alpha value is -1.85. The van der Waals surface area contributed by atoms with Crippen LogP contribution in [0.15, 0.2) is 41.8 Å². The van der Waals surface area contributed by atoms with E-state index in [0.717, 1.165) is 10.4 Å². The van der Waals surface area contributed by atoms with E-state index in [1.165, 1.54) is 11.3 Å². The second-order valence-corrected chi connectivity index (χ2v) is 5.86. The molecule has 2 aromatic rings. The van der Waals surface area contributed by atoms with Gasteiger partial charge in [-0.3, -0.25) is 9.59 Å². The molecule has 0 aliphatic heterocycles. The Labute approximate surface area is 132 Å². The molecule has 0 aliphatic rings. The van der Waals surface area contributed by atoms with Gasteiger partial charge in [0, 0.05) is 16.4 Å². The molecule has 0 unspecified atom stereocenters. The molecule has 4 nitrogen and oxygen atoms in total. The molecule has 0 saturated heterocycles. The highest BCUT2D eigenvalue weighted by molar-refractivity contribution is 7.09. The fourth-order valence-electron chi connectivity index (χ4n) is 1.71. The Morgan fingerprint density at radius 2 is 1.76 bits per heavy atom. The Bertz CT molecular complexity index is 597. The van der Waals surface area contributed by atoms with Crippen molar-refractivity contribution in [2.75, 3.05) is 6.54 Å². The minimum atomic E-state index is -0.612. The Morgan fingerprint density at radius 3 is 2.43 bits per heavy atom. The molecule has 0 fully saturated rings. The van der Waals surface area contributed by atoms with Crippen molar-refractivity contribution in [2.45, 2.75) is 13.0 Å². The quantitative estimate of drug-likeness (QED) is 0.830. The molecular weight excluding hydrogens is 308 g/mol. The largest absolute Gasteiger partial charge is 0.348 e. The Kier molecular flexibility index (Phi) is 5.78. The second-order valence-electron chi connectivity index (χ2n) is 4.39. The number of halogens is 1. The van der Waals surface area contributed by atoms with E-state index in [1.54, 1.807) is 12.1 Å². The highest BCUT2D eigenvalue weighted by Crippen LogP contribution is 2.09. The standard InChI is InChI=1S/C15H15ClN2O2S/c16-12-5-3-11(4-6-12)7-8-17-14(19)15(20)18-10-13-2-1-9-21-13/h1-6,9H,7-8,10H2,(H,17,19)(H,18,20). The van der Waals surface area contributed by atoms with Crippen LogP contribution in [0.3, 0.4) is 0 Å². The molecule has 0 aliphatic carbocycles. The zero-order valence-electron chi connectivity index (χ0n) is 11.3. The molecule has 21 heavy (non-hydrogen) atoms. The third-order valence-electron chi connectivity index (χ3n) is 2.82. The van der Waals surface area contributed by atoms with Gasteiger partial charge in [-0.2, -0.15) is 0 Å². The van der Waals surface area contributed by atoms with E-state index in [-0.39, 0.29) is 0 Å². The van der Waals surface area contributed by atoms with Crippen molar-refractivity contribution in [1.29, 1.82) is 0 Å². The molecule has 110 valence electrons. The molecule has 2 amide bonds. The summed E-state index contributed by atoms with van der Waals surface area (Å²) in [6.45, 7) is 0.786. The lowest BCUT2D eigenvalue weighted by Gasteiger charge is -2.06. The first kappa shape index (κ1) is 15.5. The molecule has 0 atom stereocenters. The first-order valence-electron chi connectivity index (χ1n) is 6.48. The summed E-state index contributed by atoms with van der Waals surface area (Å²) in [5.41, 5.74) is 1.05. The topological polar surface area (TPSA) is 58.2 Å². The molecule has 1 aromatic carbocycles. The lowest BCUT2D eigenvalue weighted by Crippen LogP contribution is -2.40. The van der Waals surface area contributed by atoms with Gasteiger partial charge in [0.15, 0.2) is 0 Å². The van der Waals surface area contributed by atoms with Crippen LogP contribution in [0.1, 0.15) is 10.4 Å². The van der Waals surface area contributed by atoms with Crippen molar-refractivity contribution < 1.29 is 9.59 Å². The number of benzene rings is 1. The molecule has 6 heteroatoms. The minimum absolute atomic E-state index is 0.376. The average Bonchev–Trinajstić information content (AvgIpc) is 3.00. The van der Waals surface area contributed by atoms with Crippen molar-refractivity contribution in [3.63, 3.8) is 0 Å². The van der Waals surface area contributed by atoms with Gasteiger partial charge >= 0.3 is 11.8 Å². The normalized spacial score (nSPS) is 10.1. The molecular formula is C15H15ClN2O2S. The Morgan fingerprint density at radius 1 is 1.05 bits per heavy atom. The number of thiophene rings is 1. The van der Waals surface area contributed by atoms with Gasteiger partial charge in [0.25, 0.3) is 0 Å². The van der Waals surface area contributed by atoms with Gasteiger partial charge in [0.05, 0.1) is 6.54 Å². The van der Waals surface area contributed by atoms with Crippen molar-refractivity contribution in [3.8, 4) is 0 Å². The van der Waals surface area contributed by atoms with E-state index in [9.17, 15) is 9.59 Å². The molecule has 0 spiro atoms. The van der Waals surface area contributed by atoms with Crippen LogP contribution in [-0.2, 0) is 22.6 Å². The first-order chi connectivity index (χ1) is 10.1. The summed E-state index contributed by atoms with van der Waals surface area (Å²) in [4.78, 5) is 24.2. The van der Waals surface area contributed by atoms with Crippen molar-refractivity contribution >= 4 is 34.8 Å². The zero-order valence-corrected chi connectivity index (χ0v) is 12.8. The predicted molar refractivity (Wildman–Crippen MR) is 84.3 cm³/mol. The van der Waals surface area contributed by atoms with Gasteiger partial charge in [-0.15, -0.1) is 11.3 Å². The molecule has 0 bridgehead atoms. The monoisotopic (exact) mass is 322 g/mol. The van der Waals surface area contributed by atoms with Crippen molar-refractivity contribution in [2.24, 2.45) is 0 Å². The number of rotatable bonds is 5. The van der Waals surface area contributed by atoms with E-state index < -0.39 is 11.8 Å². The second kappa shape index (κ2) is 7.81. The average molecular weight is 323 g/mol. The Balaban J connectivity index is 1.68. The highest BCUT2D eigenvalue weighted by Gasteiger charge is 2.12. The predicted octanol–water partition coefficient (Wildman–Crippen LogP) is 2.38. The van der Waals surface area contributed by atoms with E-state index >= 15 is 0 Å². The smallest absolute Gasteiger partial charge is 0.309 e. The summed E-state index contributed by atoms with van der Waals surface area (Å²) in [6.07, 6.45) is 0.654. The van der Waals surface area contributed by atoms with Crippen molar-refractivity contribution in [1.82, 2.24) is 10.6 Å². The van der Waals surface area contributed by atoms with Crippen LogP contribution in [-0.4, -0.2) is 18.4 Å². The lowest BCUT2D eigenvalue weighted by molar-refractivity contribution is -0.139. The SMILES string of the molecule is O=C(NCCc1ccc(Cl)cc1)C(=O)NCc1cccs1. The highest BCUT2D eigenvalue weighted by atomic mass is 35.5. The summed E-state index contributed by atoms with van der Waals surface area (Å²) in [7, 11) is 0. The van der Waals surface area contributed by atoms with Gasteiger partial charge in [0.2, 0.25) is 0 Å². The van der Waals surface area contributed by atoms with E-state index in [4.69, 9.17) is 11.6 Å². The number of carbonyl (C=O) groups excluding carboxylic acids is 2. The van der Waals surface area contributed by atoms with Crippen LogP contribution in [0.4, 0.5) is 0 Å². The number of carbonyl (C=O) groups is 2. The van der Waals surface area contributed by atoms with E-state index in [1.807, 2.05) is 29.6 Å². The molecule has 0 radical (unpaired) electrons. The van der Waals surface area contributed by atoms with Crippen molar-refractivity contribution in [3.05, 3.63) is 57.2 Å². The van der Waals surface area contributed by atoms with Gasteiger partial charge < -0.3 is 10.6 Å². The van der Waals surface area contributed by atoms with E-state index in [2.05, 4.69) is 10.6 Å². The fourth-order valence-corrected chi connectivity index (χ4v) is 2.48.